The van der Waals surface area contributed by atoms with Gasteiger partial charge in [0.2, 0.25) is 5.91 Å². The summed E-state index contributed by atoms with van der Waals surface area (Å²) in [5, 5.41) is 2.87. The van der Waals surface area contributed by atoms with Crippen molar-refractivity contribution in [2.24, 2.45) is 0 Å². The molecule has 26 heavy (non-hydrogen) atoms. The highest BCUT2D eigenvalue weighted by atomic mass is 16.5. The standard InChI is InChI=1S/C19H24N2O5/c1-13-16(19(23)25-4)9-15(26-13)11-21(2)12-18(22)20-10-14-7-5-6-8-17(14)24-3/h5-9H,10-12H2,1-4H3,(H,20,22). The summed E-state index contributed by atoms with van der Waals surface area (Å²) in [5.41, 5.74) is 1.31. The quantitative estimate of drug-likeness (QED) is 0.727. The van der Waals surface area contributed by atoms with Crippen LogP contribution in [-0.4, -0.2) is 44.6 Å². The first-order valence-corrected chi connectivity index (χ1v) is 8.19. The topological polar surface area (TPSA) is 81.0 Å². The molecular formula is C19H24N2O5. The van der Waals surface area contributed by atoms with Crippen LogP contribution in [0.5, 0.6) is 5.75 Å². The van der Waals surface area contributed by atoms with Gasteiger partial charge in [0, 0.05) is 12.1 Å². The Morgan fingerprint density at radius 3 is 2.65 bits per heavy atom. The number of carbonyl (C=O) groups is 2. The number of hydrogen-bond donors (Lipinski definition) is 1. The van der Waals surface area contributed by atoms with Crippen molar-refractivity contribution < 1.29 is 23.5 Å². The van der Waals surface area contributed by atoms with E-state index >= 15 is 0 Å². The van der Waals surface area contributed by atoms with E-state index in [9.17, 15) is 9.59 Å². The number of nitrogens with one attached hydrogen (secondary N) is 1. The van der Waals surface area contributed by atoms with Crippen LogP contribution in [0.4, 0.5) is 0 Å². The Bertz CT molecular complexity index is 769. The number of para-hydroxylation sites is 1. The highest BCUT2D eigenvalue weighted by molar-refractivity contribution is 5.90. The van der Waals surface area contributed by atoms with Crippen molar-refractivity contribution >= 4 is 11.9 Å². The molecule has 2 rings (SSSR count). The number of benzene rings is 1. The molecule has 1 N–H and O–H groups in total. The normalized spacial score (nSPS) is 10.7. The fourth-order valence-corrected chi connectivity index (χ4v) is 2.60. The predicted octanol–water partition coefficient (Wildman–Crippen LogP) is 2.13. The van der Waals surface area contributed by atoms with Gasteiger partial charge in [0.15, 0.2) is 0 Å². The smallest absolute Gasteiger partial charge is 0.341 e. The highest BCUT2D eigenvalue weighted by Crippen LogP contribution is 2.18. The maximum Gasteiger partial charge on any atom is 0.341 e. The van der Waals surface area contributed by atoms with E-state index in [-0.39, 0.29) is 12.5 Å². The Balaban J connectivity index is 1.86. The molecule has 0 bridgehead atoms. The summed E-state index contributed by atoms with van der Waals surface area (Å²) >= 11 is 0. The second kappa shape index (κ2) is 9.05. The molecular weight excluding hydrogens is 336 g/mol. The Kier molecular flexibility index (Phi) is 6.80. The van der Waals surface area contributed by atoms with Crippen molar-refractivity contribution in [1.82, 2.24) is 10.2 Å². The number of furan rings is 1. The zero-order valence-electron chi connectivity index (χ0n) is 15.5. The number of likely N-dealkylation sites (N-methyl/N-ethyl adjacent to an activating group) is 1. The summed E-state index contributed by atoms with van der Waals surface area (Å²) in [7, 11) is 4.73. The van der Waals surface area contributed by atoms with E-state index in [4.69, 9.17) is 13.9 Å². The van der Waals surface area contributed by atoms with E-state index in [1.807, 2.05) is 24.3 Å². The summed E-state index contributed by atoms with van der Waals surface area (Å²) in [4.78, 5) is 25.6. The van der Waals surface area contributed by atoms with Crippen molar-refractivity contribution in [2.75, 3.05) is 27.8 Å². The van der Waals surface area contributed by atoms with Gasteiger partial charge >= 0.3 is 5.97 Å². The number of methoxy groups -OCH3 is 2. The first-order chi connectivity index (χ1) is 12.4. The molecule has 0 radical (unpaired) electrons. The third-order valence-corrected chi connectivity index (χ3v) is 3.88. The van der Waals surface area contributed by atoms with Gasteiger partial charge in [-0.15, -0.1) is 0 Å². The number of amides is 1. The van der Waals surface area contributed by atoms with E-state index in [1.165, 1.54) is 7.11 Å². The summed E-state index contributed by atoms with van der Waals surface area (Å²) in [6.07, 6.45) is 0. The molecule has 0 spiro atoms. The molecule has 7 nitrogen and oxygen atoms in total. The van der Waals surface area contributed by atoms with E-state index in [0.29, 0.717) is 30.2 Å². The van der Waals surface area contributed by atoms with Gasteiger partial charge in [0.1, 0.15) is 22.8 Å². The molecule has 0 aliphatic carbocycles. The number of nitrogens with zero attached hydrogens (tertiary/aromatic N) is 1. The largest absolute Gasteiger partial charge is 0.496 e. The summed E-state index contributed by atoms with van der Waals surface area (Å²) < 4.78 is 15.5. The Morgan fingerprint density at radius 1 is 1.23 bits per heavy atom. The van der Waals surface area contributed by atoms with E-state index in [0.717, 1.165) is 11.3 Å². The number of esters is 1. The number of ether oxygens (including phenoxy) is 2. The lowest BCUT2D eigenvalue weighted by atomic mass is 10.2. The van der Waals surface area contributed by atoms with Gasteiger partial charge in [-0.25, -0.2) is 4.79 Å². The SMILES string of the molecule is COC(=O)c1cc(CN(C)CC(=O)NCc2ccccc2OC)oc1C. The third-order valence-electron chi connectivity index (χ3n) is 3.88. The average Bonchev–Trinajstić information content (AvgIpc) is 2.99. The van der Waals surface area contributed by atoms with Crippen molar-refractivity contribution in [3.8, 4) is 5.75 Å². The Labute approximate surface area is 152 Å². The molecule has 1 amide bonds. The van der Waals surface area contributed by atoms with Gasteiger partial charge in [-0.3, -0.25) is 9.69 Å². The molecule has 1 aromatic carbocycles. The average molecular weight is 360 g/mol. The van der Waals surface area contributed by atoms with Crippen molar-refractivity contribution in [3.05, 3.63) is 53.0 Å². The van der Waals surface area contributed by atoms with Gasteiger partial charge in [-0.05, 0) is 26.1 Å². The fourth-order valence-electron chi connectivity index (χ4n) is 2.60. The van der Waals surface area contributed by atoms with Crippen LogP contribution >= 0.6 is 0 Å². The van der Waals surface area contributed by atoms with Crippen LogP contribution in [0.2, 0.25) is 0 Å². The fraction of sp³-hybridized carbons (Fsp3) is 0.368. The summed E-state index contributed by atoms with van der Waals surface area (Å²) in [5.74, 6) is 1.29. The van der Waals surface area contributed by atoms with Crippen LogP contribution in [0.25, 0.3) is 0 Å². The zero-order chi connectivity index (χ0) is 19.1. The van der Waals surface area contributed by atoms with E-state index < -0.39 is 5.97 Å². The molecule has 0 unspecified atom stereocenters. The zero-order valence-corrected chi connectivity index (χ0v) is 15.5. The minimum absolute atomic E-state index is 0.116. The van der Waals surface area contributed by atoms with Crippen LogP contribution in [0, 0.1) is 6.92 Å². The molecule has 7 heteroatoms. The maximum absolute atomic E-state index is 12.1. The summed E-state index contributed by atoms with van der Waals surface area (Å²) in [6.45, 7) is 2.70. The van der Waals surface area contributed by atoms with Crippen LogP contribution in [0.1, 0.15) is 27.4 Å². The molecule has 0 saturated carbocycles. The van der Waals surface area contributed by atoms with Crippen LogP contribution in [-0.2, 0) is 22.6 Å². The van der Waals surface area contributed by atoms with Gasteiger partial charge < -0.3 is 19.2 Å². The minimum atomic E-state index is -0.435. The van der Waals surface area contributed by atoms with E-state index in [1.54, 1.807) is 32.0 Å². The second-order valence-electron chi connectivity index (χ2n) is 5.94. The molecule has 1 heterocycles. The molecule has 0 aliphatic heterocycles. The lowest BCUT2D eigenvalue weighted by molar-refractivity contribution is -0.122. The molecule has 140 valence electrons. The molecule has 0 atom stereocenters. The Hall–Kier alpha value is -2.80. The molecule has 2 aromatic rings. The molecule has 0 saturated heterocycles. The number of hydrogen-bond acceptors (Lipinski definition) is 6. The third kappa shape index (κ3) is 5.10. The lowest BCUT2D eigenvalue weighted by Crippen LogP contribution is -2.34. The van der Waals surface area contributed by atoms with Crippen molar-refractivity contribution in [3.63, 3.8) is 0 Å². The van der Waals surface area contributed by atoms with Crippen LogP contribution < -0.4 is 10.1 Å². The maximum atomic E-state index is 12.1. The predicted molar refractivity (Wildman–Crippen MR) is 96.0 cm³/mol. The highest BCUT2D eigenvalue weighted by Gasteiger charge is 2.17. The first-order valence-electron chi connectivity index (χ1n) is 8.19. The van der Waals surface area contributed by atoms with Gasteiger partial charge in [0.25, 0.3) is 0 Å². The summed E-state index contributed by atoms with van der Waals surface area (Å²) in [6, 6.07) is 9.18. The number of aryl methyl sites for hydroxylation is 1. The minimum Gasteiger partial charge on any atom is -0.496 e. The van der Waals surface area contributed by atoms with Crippen LogP contribution in [0.3, 0.4) is 0 Å². The van der Waals surface area contributed by atoms with Crippen LogP contribution in [0.15, 0.2) is 34.7 Å². The molecule has 0 fully saturated rings. The van der Waals surface area contributed by atoms with Crippen molar-refractivity contribution in [1.29, 1.82) is 0 Å². The second-order valence-corrected chi connectivity index (χ2v) is 5.94. The van der Waals surface area contributed by atoms with E-state index in [2.05, 4.69) is 5.32 Å². The van der Waals surface area contributed by atoms with Gasteiger partial charge in [0.05, 0.1) is 27.3 Å². The first kappa shape index (κ1) is 19.5. The Morgan fingerprint density at radius 2 is 1.96 bits per heavy atom. The van der Waals surface area contributed by atoms with Crippen molar-refractivity contribution in [2.45, 2.75) is 20.0 Å². The molecule has 1 aromatic heterocycles. The number of carbonyl (C=O) groups excluding carboxylic acids is 2. The number of rotatable bonds is 8. The molecule has 0 aliphatic rings. The van der Waals surface area contributed by atoms with Gasteiger partial charge in [-0.1, -0.05) is 18.2 Å². The lowest BCUT2D eigenvalue weighted by Gasteiger charge is -2.15. The van der Waals surface area contributed by atoms with Gasteiger partial charge in [-0.2, -0.15) is 0 Å². The monoisotopic (exact) mass is 360 g/mol.